The van der Waals surface area contributed by atoms with E-state index in [-0.39, 0.29) is 0 Å². The van der Waals surface area contributed by atoms with Crippen LogP contribution in [0.5, 0.6) is 0 Å². The summed E-state index contributed by atoms with van der Waals surface area (Å²) in [6.07, 6.45) is 5.09. The minimum Gasteiger partial charge on any atom is -0.365 e. The average molecular weight is 260 g/mol. The maximum Gasteiger partial charge on any atom is 0.252 e. The summed E-state index contributed by atoms with van der Waals surface area (Å²) in [6, 6.07) is 3.83. The Kier molecular flexibility index (Phi) is 3.14. The van der Waals surface area contributed by atoms with E-state index in [4.69, 9.17) is 11.5 Å². The molecule has 5 heteroatoms. The van der Waals surface area contributed by atoms with Gasteiger partial charge in [-0.3, -0.25) is 4.79 Å². The predicted molar refractivity (Wildman–Crippen MR) is 73.8 cm³/mol. The topological polar surface area (TPSA) is 85.2 Å². The van der Waals surface area contributed by atoms with Gasteiger partial charge in [-0.25, -0.2) is 4.98 Å². The van der Waals surface area contributed by atoms with Crippen molar-refractivity contribution in [3.8, 4) is 0 Å². The molecular formula is C14H20N4O. The maximum atomic E-state index is 11.5. The largest absolute Gasteiger partial charge is 0.365 e. The third kappa shape index (κ3) is 2.30. The smallest absolute Gasteiger partial charge is 0.252 e. The van der Waals surface area contributed by atoms with E-state index in [1.54, 1.807) is 18.3 Å². The molecule has 2 aliphatic rings. The predicted octanol–water partition coefficient (Wildman–Crippen LogP) is 0.744. The van der Waals surface area contributed by atoms with Gasteiger partial charge in [0.25, 0.3) is 5.91 Å². The van der Waals surface area contributed by atoms with Gasteiger partial charge in [-0.15, -0.1) is 0 Å². The van der Waals surface area contributed by atoms with Crippen LogP contribution in [0.25, 0.3) is 0 Å². The van der Waals surface area contributed by atoms with Crippen LogP contribution in [0.3, 0.4) is 0 Å². The highest BCUT2D eigenvalue weighted by Gasteiger charge is 2.37. The van der Waals surface area contributed by atoms with Crippen molar-refractivity contribution in [2.24, 2.45) is 23.3 Å². The number of amides is 1. The van der Waals surface area contributed by atoms with E-state index in [1.165, 1.54) is 6.42 Å². The van der Waals surface area contributed by atoms with Crippen molar-refractivity contribution >= 4 is 11.7 Å². The fraction of sp³-hybridized carbons (Fsp3) is 0.571. The molecule has 5 nitrogen and oxygen atoms in total. The summed E-state index contributed by atoms with van der Waals surface area (Å²) in [6.45, 7) is 1.91. The second-order valence-corrected chi connectivity index (χ2v) is 5.74. The third-order valence-electron chi connectivity index (χ3n) is 4.44. The quantitative estimate of drug-likeness (QED) is 0.821. The summed E-state index contributed by atoms with van der Waals surface area (Å²) < 4.78 is 0. The number of fused-ring (bicyclic) bond motifs is 1. The highest BCUT2D eigenvalue weighted by molar-refractivity contribution is 5.97. The van der Waals surface area contributed by atoms with Crippen molar-refractivity contribution < 1.29 is 4.79 Å². The normalized spacial score (nSPS) is 30.2. The zero-order chi connectivity index (χ0) is 13.4. The number of aromatic nitrogens is 1. The first-order valence-corrected chi connectivity index (χ1v) is 6.90. The summed E-state index contributed by atoms with van der Waals surface area (Å²) in [5, 5.41) is 0. The molecule has 1 aliphatic carbocycles. The Hall–Kier alpha value is -1.62. The highest BCUT2D eigenvalue weighted by Crippen LogP contribution is 2.37. The van der Waals surface area contributed by atoms with E-state index in [1.807, 2.05) is 0 Å². The number of rotatable bonds is 2. The van der Waals surface area contributed by atoms with Crippen LogP contribution in [-0.4, -0.2) is 30.0 Å². The summed E-state index contributed by atoms with van der Waals surface area (Å²) in [5.74, 6) is 1.64. The van der Waals surface area contributed by atoms with Crippen LogP contribution in [0.4, 0.5) is 5.82 Å². The SMILES string of the molecule is NC(=O)c1cccnc1N1C[C@H]2CCC(N)C[C@H]2C1. The Balaban J connectivity index is 1.83. The number of primary amides is 1. The molecule has 2 fully saturated rings. The van der Waals surface area contributed by atoms with Gasteiger partial charge in [0, 0.05) is 25.3 Å². The molecule has 4 N–H and O–H groups in total. The van der Waals surface area contributed by atoms with Gasteiger partial charge in [-0.05, 0) is 43.2 Å². The standard InChI is InChI=1S/C14H20N4O/c15-11-4-3-9-7-18(8-10(9)6-11)14-12(13(16)19)2-1-5-17-14/h1-2,5,9-11H,3-4,6-8,15H2,(H2,16,19)/t9-,10+,11?/m1/s1. The van der Waals surface area contributed by atoms with Gasteiger partial charge in [0.1, 0.15) is 5.82 Å². The Morgan fingerprint density at radius 3 is 2.89 bits per heavy atom. The average Bonchev–Trinajstić information content (AvgIpc) is 2.81. The molecule has 1 aliphatic heterocycles. The second-order valence-electron chi connectivity index (χ2n) is 5.74. The molecule has 1 aromatic rings. The number of carbonyl (C=O) groups is 1. The van der Waals surface area contributed by atoms with Crippen LogP contribution in [0.15, 0.2) is 18.3 Å². The van der Waals surface area contributed by atoms with Crippen LogP contribution in [0, 0.1) is 11.8 Å². The lowest BCUT2D eigenvalue weighted by molar-refractivity contribution is 0.100. The first kappa shape index (κ1) is 12.4. The molecule has 1 unspecified atom stereocenters. The summed E-state index contributed by atoms with van der Waals surface area (Å²) in [5.41, 5.74) is 12.0. The third-order valence-corrected chi connectivity index (χ3v) is 4.44. The molecule has 0 aromatic carbocycles. The minimum atomic E-state index is -0.408. The molecule has 19 heavy (non-hydrogen) atoms. The van der Waals surface area contributed by atoms with Crippen molar-refractivity contribution in [2.75, 3.05) is 18.0 Å². The first-order chi connectivity index (χ1) is 9.15. The monoisotopic (exact) mass is 260 g/mol. The molecule has 102 valence electrons. The Morgan fingerprint density at radius 2 is 2.11 bits per heavy atom. The fourth-order valence-electron chi connectivity index (χ4n) is 3.48. The molecule has 3 rings (SSSR count). The number of hydrogen-bond acceptors (Lipinski definition) is 4. The molecule has 3 atom stereocenters. The number of nitrogens with two attached hydrogens (primary N) is 2. The van der Waals surface area contributed by atoms with Gasteiger partial charge >= 0.3 is 0 Å². The van der Waals surface area contributed by atoms with Crippen molar-refractivity contribution in [3.05, 3.63) is 23.9 Å². The van der Waals surface area contributed by atoms with E-state index < -0.39 is 5.91 Å². The van der Waals surface area contributed by atoms with Gasteiger partial charge in [-0.1, -0.05) is 0 Å². The molecule has 1 saturated carbocycles. The Morgan fingerprint density at radius 1 is 1.32 bits per heavy atom. The number of carbonyl (C=O) groups excluding carboxylic acids is 1. The van der Waals surface area contributed by atoms with E-state index in [2.05, 4.69) is 9.88 Å². The number of hydrogen-bond donors (Lipinski definition) is 2. The lowest BCUT2D eigenvalue weighted by Crippen LogP contribution is -2.32. The Bertz CT molecular complexity index is 490. The van der Waals surface area contributed by atoms with Gasteiger partial charge in [-0.2, -0.15) is 0 Å². The summed E-state index contributed by atoms with van der Waals surface area (Å²) >= 11 is 0. The Labute approximate surface area is 113 Å². The van der Waals surface area contributed by atoms with Crippen LogP contribution in [0.2, 0.25) is 0 Å². The van der Waals surface area contributed by atoms with E-state index in [0.717, 1.165) is 31.7 Å². The second kappa shape index (κ2) is 4.81. The minimum absolute atomic E-state index is 0.334. The van der Waals surface area contributed by atoms with E-state index in [0.29, 0.717) is 23.4 Å². The van der Waals surface area contributed by atoms with Crippen molar-refractivity contribution in [1.29, 1.82) is 0 Å². The molecule has 2 heterocycles. The van der Waals surface area contributed by atoms with Gasteiger partial charge in [0.15, 0.2) is 0 Å². The number of pyridine rings is 1. The number of anilines is 1. The van der Waals surface area contributed by atoms with Crippen LogP contribution in [-0.2, 0) is 0 Å². The van der Waals surface area contributed by atoms with Crippen LogP contribution >= 0.6 is 0 Å². The lowest BCUT2D eigenvalue weighted by atomic mass is 9.79. The zero-order valence-corrected chi connectivity index (χ0v) is 11.0. The molecule has 1 saturated heterocycles. The van der Waals surface area contributed by atoms with Crippen LogP contribution in [0.1, 0.15) is 29.6 Å². The molecule has 0 bridgehead atoms. The molecule has 1 aromatic heterocycles. The van der Waals surface area contributed by atoms with Gasteiger partial charge in [0.05, 0.1) is 5.56 Å². The molecule has 1 amide bonds. The molecular weight excluding hydrogens is 240 g/mol. The zero-order valence-electron chi connectivity index (χ0n) is 11.0. The van der Waals surface area contributed by atoms with Gasteiger partial charge < -0.3 is 16.4 Å². The van der Waals surface area contributed by atoms with Crippen molar-refractivity contribution in [1.82, 2.24) is 4.98 Å². The number of nitrogens with zero attached hydrogens (tertiary/aromatic N) is 2. The fourth-order valence-corrected chi connectivity index (χ4v) is 3.48. The summed E-state index contributed by atoms with van der Waals surface area (Å²) in [7, 11) is 0. The van der Waals surface area contributed by atoms with E-state index >= 15 is 0 Å². The van der Waals surface area contributed by atoms with Crippen molar-refractivity contribution in [2.45, 2.75) is 25.3 Å². The lowest BCUT2D eigenvalue weighted by Gasteiger charge is -2.27. The van der Waals surface area contributed by atoms with Crippen molar-refractivity contribution in [3.63, 3.8) is 0 Å². The van der Waals surface area contributed by atoms with Crippen LogP contribution < -0.4 is 16.4 Å². The molecule has 0 radical (unpaired) electrons. The highest BCUT2D eigenvalue weighted by atomic mass is 16.1. The maximum absolute atomic E-state index is 11.5. The van der Waals surface area contributed by atoms with Gasteiger partial charge in [0.2, 0.25) is 0 Å². The summed E-state index contributed by atoms with van der Waals surface area (Å²) in [4.78, 5) is 18.0. The van der Waals surface area contributed by atoms with E-state index in [9.17, 15) is 4.79 Å². The molecule has 0 spiro atoms. The first-order valence-electron chi connectivity index (χ1n) is 6.90.